The molecule has 2 rings (SSSR count). The summed E-state index contributed by atoms with van der Waals surface area (Å²) in [5.41, 5.74) is 1.17. The quantitative estimate of drug-likeness (QED) is 0.787. The molecule has 0 radical (unpaired) electrons. The highest BCUT2D eigenvalue weighted by molar-refractivity contribution is 7.89. The topological polar surface area (TPSA) is 84.2 Å². The third kappa shape index (κ3) is 3.71. The van der Waals surface area contributed by atoms with Crippen LogP contribution in [-0.4, -0.2) is 27.5 Å². The third-order valence-corrected chi connectivity index (χ3v) is 4.95. The Bertz CT molecular complexity index is 552. The highest BCUT2D eigenvalue weighted by Crippen LogP contribution is 2.30. The number of sulfonamides is 1. The zero-order valence-corrected chi connectivity index (χ0v) is 12.8. The van der Waals surface area contributed by atoms with E-state index in [9.17, 15) is 8.42 Å². The van der Waals surface area contributed by atoms with Crippen LogP contribution in [0.5, 0.6) is 0 Å². The molecule has 1 heterocycles. The number of piperidine rings is 1. The molecular formula is C14H23N3O2S. The number of benzene rings is 1. The Morgan fingerprint density at radius 1 is 1.35 bits per heavy atom. The van der Waals surface area contributed by atoms with Crippen LogP contribution in [0.2, 0.25) is 0 Å². The molecule has 112 valence electrons. The largest absolute Gasteiger partial charge is 0.383 e. The number of hydrogen-bond acceptors (Lipinski definition) is 4. The van der Waals surface area contributed by atoms with Gasteiger partial charge in [-0.2, -0.15) is 0 Å². The number of primary sulfonamides is 1. The lowest BCUT2D eigenvalue weighted by molar-refractivity contribution is 0.188. The Morgan fingerprint density at radius 3 is 2.55 bits per heavy atom. The van der Waals surface area contributed by atoms with Crippen LogP contribution in [0.25, 0.3) is 0 Å². The Hall–Kier alpha value is -1.11. The minimum atomic E-state index is -3.61. The molecule has 1 aromatic carbocycles. The van der Waals surface area contributed by atoms with Gasteiger partial charge in [0, 0.05) is 18.3 Å². The highest BCUT2D eigenvalue weighted by atomic mass is 32.2. The van der Waals surface area contributed by atoms with E-state index >= 15 is 0 Å². The van der Waals surface area contributed by atoms with Crippen LogP contribution < -0.4 is 15.8 Å². The van der Waals surface area contributed by atoms with Gasteiger partial charge in [-0.05, 0) is 49.1 Å². The lowest BCUT2D eigenvalue weighted by Gasteiger charge is -2.39. The number of anilines is 1. The van der Waals surface area contributed by atoms with Crippen molar-refractivity contribution in [3.05, 3.63) is 24.3 Å². The zero-order valence-electron chi connectivity index (χ0n) is 12.0. The minimum absolute atomic E-state index is 0.138. The maximum absolute atomic E-state index is 11.2. The van der Waals surface area contributed by atoms with Crippen LogP contribution in [0.3, 0.4) is 0 Å². The van der Waals surface area contributed by atoms with E-state index in [0.29, 0.717) is 6.04 Å². The van der Waals surface area contributed by atoms with E-state index in [1.165, 1.54) is 25.0 Å². The summed E-state index contributed by atoms with van der Waals surface area (Å²) in [4.78, 5) is 0.138. The molecule has 1 aromatic rings. The van der Waals surface area contributed by atoms with E-state index < -0.39 is 10.0 Å². The smallest absolute Gasteiger partial charge is 0.238 e. The van der Waals surface area contributed by atoms with Crippen LogP contribution in [0.4, 0.5) is 5.69 Å². The van der Waals surface area contributed by atoms with Crippen molar-refractivity contribution in [2.24, 2.45) is 10.6 Å². The first-order chi connectivity index (χ1) is 9.29. The summed E-state index contributed by atoms with van der Waals surface area (Å²) in [6, 6.07) is 6.95. The fourth-order valence-electron chi connectivity index (χ4n) is 2.60. The van der Waals surface area contributed by atoms with Gasteiger partial charge in [-0.15, -0.1) is 0 Å². The summed E-state index contributed by atoms with van der Waals surface area (Å²) in [7, 11) is -3.61. The molecule has 1 atom stereocenters. The maximum Gasteiger partial charge on any atom is 0.238 e. The van der Waals surface area contributed by atoms with Gasteiger partial charge in [-0.3, -0.25) is 0 Å². The standard InChI is InChI=1S/C14H23N3O2S/c1-14(2)8-3-9-16-13(14)10-17-11-4-6-12(7-5-11)20(15,18)19/h4-7,13,16-17H,3,8-10H2,1-2H3,(H2,15,18,19). The Morgan fingerprint density at radius 2 is 2.00 bits per heavy atom. The van der Waals surface area contributed by atoms with Crippen LogP contribution in [-0.2, 0) is 10.0 Å². The molecule has 4 N–H and O–H groups in total. The summed E-state index contributed by atoms with van der Waals surface area (Å²) < 4.78 is 22.4. The van der Waals surface area contributed by atoms with Crippen LogP contribution in [0, 0.1) is 5.41 Å². The van der Waals surface area contributed by atoms with Crippen molar-refractivity contribution in [2.45, 2.75) is 37.6 Å². The lowest BCUT2D eigenvalue weighted by atomic mass is 9.77. The van der Waals surface area contributed by atoms with Gasteiger partial charge in [0.25, 0.3) is 0 Å². The first-order valence-corrected chi connectivity index (χ1v) is 8.44. The van der Waals surface area contributed by atoms with Crippen molar-refractivity contribution < 1.29 is 8.42 Å². The molecule has 6 heteroatoms. The Labute approximate surface area is 121 Å². The molecule has 20 heavy (non-hydrogen) atoms. The lowest BCUT2D eigenvalue weighted by Crippen LogP contribution is -2.50. The summed E-state index contributed by atoms with van der Waals surface area (Å²) in [5.74, 6) is 0. The molecular weight excluding hydrogens is 274 g/mol. The van der Waals surface area contributed by atoms with Crippen LogP contribution in [0.15, 0.2) is 29.2 Å². The van der Waals surface area contributed by atoms with E-state index in [1.54, 1.807) is 12.1 Å². The van der Waals surface area contributed by atoms with Crippen molar-refractivity contribution in [3.8, 4) is 0 Å². The molecule has 5 nitrogen and oxygen atoms in total. The molecule has 1 fully saturated rings. The average molecular weight is 297 g/mol. The second-order valence-electron chi connectivity index (χ2n) is 6.05. The number of rotatable bonds is 4. The van der Waals surface area contributed by atoms with Gasteiger partial charge in [-0.25, -0.2) is 13.6 Å². The monoisotopic (exact) mass is 297 g/mol. The van der Waals surface area contributed by atoms with Crippen LogP contribution >= 0.6 is 0 Å². The first kappa shape index (κ1) is 15.3. The maximum atomic E-state index is 11.2. The molecule has 0 amide bonds. The van der Waals surface area contributed by atoms with Crippen molar-refractivity contribution in [3.63, 3.8) is 0 Å². The normalized spacial score (nSPS) is 22.4. The van der Waals surface area contributed by atoms with Gasteiger partial charge >= 0.3 is 0 Å². The fourth-order valence-corrected chi connectivity index (χ4v) is 3.12. The summed E-state index contributed by atoms with van der Waals surface area (Å²) in [6.45, 7) is 6.42. The molecule has 0 aliphatic carbocycles. The van der Waals surface area contributed by atoms with Gasteiger partial charge in [-0.1, -0.05) is 13.8 Å². The SMILES string of the molecule is CC1(C)CCCNC1CNc1ccc(S(N)(=O)=O)cc1. The number of hydrogen-bond donors (Lipinski definition) is 3. The van der Waals surface area contributed by atoms with Gasteiger partial charge in [0.15, 0.2) is 0 Å². The predicted octanol–water partition coefficient (Wildman–Crippen LogP) is 1.52. The minimum Gasteiger partial charge on any atom is -0.383 e. The van der Waals surface area contributed by atoms with E-state index in [1.807, 2.05) is 0 Å². The second-order valence-corrected chi connectivity index (χ2v) is 7.61. The van der Waals surface area contributed by atoms with Crippen LogP contribution in [0.1, 0.15) is 26.7 Å². The second kappa shape index (κ2) is 5.71. The number of nitrogens with one attached hydrogen (secondary N) is 2. The van der Waals surface area contributed by atoms with Gasteiger partial charge < -0.3 is 10.6 Å². The number of nitrogens with two attached hydrogens (primary N) is 1. The molecule has 0 aromatic heterocycles. The Kier molecular flexibility index (Phi) is 4.36. The fraction of sp³-hybridized carbons (Fsp3) is 0.571. The highest BCUT2D eigenvalue weighted by Gasteiger charge is 2.31. The first-order valence-electron chi connectivity index (χ1n) is 6.89. The molecule has 1 saturated heterocycles. The van der Waals surface area contributed by atoms with Gasteiger partial charge in [0.1, 0.15) is 0 Å². The zero-order chi connectivity index (χ0) is 14.8. The molecule has 0 bridgehead atoms. The Balaban J connectivity index is 1.97. The van der Waals surface area contributed by atoms with Crippen molar-refractivity contribution in [2.75, 3.05) is 18.4 Å². The third-order valence-electron chi connectivity index (χ3n) is 4.03. The van der Waals surface area contributed by atoms with Crippen molar-refractivity contribution in [1.82, 2.24) is 5.32 Å². The predicted molar refractivity (Wildman–Crippen MR) is 81.1 cm³/mol. The van der Waals surface area contributed by atoms with Crippen molar-refractivity contribution >= 4 is 15.7 Å². The van der Waals surface area contributed by atoms with E-state index in [-0.39, 0.29) is 10.3 Å². The van der Waals surface area contributed by atoms with E-state index in [2.05, 4.69) is 24.5 Å². The summed E-state index contributed by atoms with van der Waals surface area (Å²) in [6.07, 6.45) is 2.43. The summed E-state index contributed by atoms with van der Waals surface area (Å²) >= 11 is 0. The van der Waals surface area contributed by atoms with Crippen molar-refractivity contribution in [1.29, 1.82) is 0 Å². The summed E-state index contributed by atoms with van der Waals surface area (Å²) in [5, 5.41) is 12.0. The molecule has 1 aliphatic rings. The van der Waals surface area contributed by atoms with Gasteiger partial charge in [0.05, 0.1) is 4.90 Å². The van der Waals surface area contributed by atoms with E-state index in [4.69, 9.17) is 5.14 Å². The molecule has 0 saturated carbocycles. The molecule has 1 unspecified atom stereocenters. The van der Waals surface area contributed by atoms with Gasteiger partial charge in [0.2, 0.25) is 10.0 Å². The average Bonchev–Trinajstić information content (AvgIpc) is 2.36. The molecule has 0 spiro atoms. The van der Waals surface area contributed by atoms with E-state index in [0.717, 1.165) is 18.8 Å². The molecule has 1 aliphatic heterocycles.